The van der Waals surface area contributed by atoms with E-state index in [-0.39, 0.29) is 5.60 Å². The second kappa shape index (κ2) is 3.13. The van der Waals surface area contributed by atoms with E-state index in [0.717, 1.165) is 21.9 Å². The first-order chi connectivity index (χ1) is 7.62. The number of aliphatic imine (C=N–C) groups is 1. The molecule has 1 aromatic rings. The van der Waals surface area contributed by atoms with Crippen molar-refractivity contribution in [3.63, 3.8) is 0 Å². The van der Waals surface area contributed by atoms with E-state index in [1.165, 1.54) is 11.3 Å². The van der Waals surface area contributed by atoms with E-state index >= 15 is 0 Å². The first-order valence-electron chi connectivity index (χ1n) is 5.01. The summed E-state index contributed by atoms with van der Waals surface area (Å²) in [5.74, 6) is 5.36. The van der Waals surface area contributed by atoms with Crippen LogP contribution < -0.4 is 11.3 Å². The van der Waals surface area contributed by atoms with Gasteiger partial charge in [-0.3, -0.25) is 10.4 Å². The number of nitrogens with zero attached hydrogens (tertiary/aromatic N) is 2. The molecule has 3 heterocycles. The molecule has 0 saturated carbocycles. The monoisotopic (exact) mass is 236 g/mol. The Morgan fingerprint density at radius 2 is 2.38 bits per heavy atom. The Hall–Kier alpha value is -1.24. The van der Waals surface area contributed by atoms with Gasteiger partial charge in [0.05, 0.1) is 22.9 Å². The Balaban J connectivity index is 2.07. The largest absolute Gasteiger partial charge is 0.364 e. The predicted molar refractivity (Wildman–Crippen MR) is 64.2 cm³/mol. The molecule has 3 N–H and O–H groups in total. The van der Waals surface area contributed by atoms with Gasteiger partial charge in [0.2, 0.25) is 0 Å². The van der Waals surface area contributed by atoms with Gasteiger partial charge < -0.3 is 4.74 Å². The van der Waals surface area contributed by atoms with Crippen molar-refractivity contribution in [1.82, 2.24) is 4.98 Å². The SMILES string of the molecule is CC1(C)OCc2sc(NN)nc2C2=CN=C21. The van der Waals surface area contributed by atoms with Crippen molar-refractivity contribution in [1.29, 1.82) is 0 Å². The van der Waals surface area contributed by atoms with Gasteiger partial charge in [-0.2, -0.15) is 0 Å². The summed E-state index contributed by atoms with van der Waals surface area (Å²) >= 11 is 1.52. The van der Waals surface area contributed by atoms with Crippen molar-refractivity contribution in [2.45, 2.75) is 26.1 Å². The van der Waals surface area contributed by atoms with Crippen LogP contribution in [0.3, 0.4) is 0 Å². The van der Waals surface area contributed by atoms with Gasteiger partial charge in [0.1, 0.15) is 5.60 Å². The Kier molecular flexibility index (Phi) is 1.95. The Morgan fingerprint density at radius 1 is 1.56 bits per heavy atom. The molecule has 0 fully saturated rings. The molecule has 0 atom stereocenters. The Bertz CT molecular complexity index is 515. The van der Waals surface area contributed by atoms with E-state index in [2.05, 4.69) is 15.4 Å². The third-order valence-electron chi connectivity index (χ3n) is 2.79. The molecule has 0 bridgehead atoms. The van der Waals surface area contributed by atoms with Crippen LogP contribution in [0.5, 0.6) is 0 Å². The summed E-state index contributed by atoms with van der Waals surface area (Å²) in [5, 5.41) is 0.709. The van der Waals surface area contributed by atoms with Crippen LogP contribution in [-0.2, 0) is 11.3 Å². The van der Waals surface area contributed by atoms with Crippen LogP contribution >= 0.6 is 11.3 Å². The second-order valence-corrected chi connectivity index (χ2v) is 5.34. The lowest BCUT2D eigenvalue weighted by Crippen LogP contribution is -2.36. The number of aromatic nitrogens is 1. The molecule has 16 heavy (non-hydrogen) atoms. The van der Waals surface area contributed by atoms with Gasteiger partial charge in [0.25, 0.3) is 0 Å². The van der Waals surface area contributed by atoms with E-state index in [9.17, 15) is 0 Å². The number of ether oxygens (including phenoxy) is 1. The molecule has 2 aliphatic rings. The van der Waals surface area contributed by atoms with Crippen molar-refractivity contribution < 1.29 is 4.74 Å². The lowest BCUT2D eigenvalue weighted by Gasteiger charge is -2.28. The number of hydrogen-bond acceptors (Lipinski definition) is 6. The van der Waals surface area contributed by atoms with Gasteiger partial charge in [-0.25, -0.2) is 10.8 Å². The van der Waals surface area contributed by atoms with Crippen molar-refractivity contribution >= 4 is 27.8 Å². The molecule has 0 unspecified atom stereocenters. The number of nitrogens with one attached hydrogen (secondary N) is 1. The fraction of sp³-hybridized carbons (Fsp3) is 0.400. The number of rotatable bonds is 1. The number of nitrogens with two attached hydrogens (primary N) is 1. The summed E-state index contributed by atoms with van der Waals surface area (Å²) in [6.07, 6.45) is 1.84. The van der Waals surface area contributed by atoms with Gasteiger partial charge in [-0.05, 0) is 13.8 Å². The van der Waals surface area contributed by atoms with E-state index < -0.39 is 0 Å². The fourth-order valence-corrected chi connectivity index (χ4v) is 2.68. The number of hydrogen-bond donors (Lipinski definition) is 2. The highest BCUT2D eigenvalue weighted by Crippen LogP contribution is 2.39. The normalized spacial score (nSPS) is 20.9. The van der Waals surface area contributed by atoms with Gasteiger partial charge in [-0.1, -0.05) is 11.3 Å². The second-order valence-electron chi connectivity index (χ2n) is 4.25. The van der Waals surface area contributed by atoms with Crippen LogP contribution in [0.1, 0.15) is 24.4 Å². The van der Waals surface area contributed by atoms with Crippen LogP contribution in [0, 0.1) is 0 Å². The third kappa shape index (κ3) is 1.24. The van der Waals surface area contributed by atoms with Crippen molar-refractivity contribution in [3.8, 4) is 0 Å². The van der Waals surface area contributed by atoms with Crippen LogP contribution in [0.25, 0.3) is 5.57 Å². The molecule has 2 aliphatic heterocycles. The topological polar surface area (TPSA) is 72.5 Å². The summed E-state index contributed by atoms with van der Waals surface area (Å²) in [7, 11) is 0. The summed E-state index contributed by atoms with van der Waals surface area (Å²) in [5.41, 5.74) is 5.24. The number of nitrogen functional groups attached to an aromatic ring is 1. The average Bonchev–Trinajstić information content (AvgIpc) is 2.53. The van der Waals surface area contributed by atoms with Gasteiger partial charge >= 0.3 is 0 Å². The summed E-state index contributed by atoms with van der Waals surface area (Å²) in [4.78, 5) is 9.81. The highest BCUT2D eigenvalue weighted by Gasteiger charge is 2.38. The first kappa shape index (κ1) is 9.95. The zero-order valence-electron chi connectivity index (χ0n) is 9.07. The molecule has 0 radical (unpaired) electrons. The summed E-state index contributed by atoms with van der Waals surface area (Å²) in [6.45, 7) is 4.60. The predicted octanol–water partition coefficient (Wildman–Crippen LogP) is 1.53. The maximum Gasteiger partial charge on any atom is 0.197 e. The van der Waals surface area contributed by atoms with E-state index in [0.29, 0.717) is 11.7 Å². The minimum absolute atomic E-state index is 0.333. The molecule has 0 amide bonds. The molecular formula is C10H12N4OS. The van der Waals surface area contributed by atoms with E-state index in [4.69, 9.17) is 10.6 Å². The lowest BCUT2D eigenvalue weighted by molar-refractivity contribution is 0.0257. The molecule has 5 nitrogen and oxygen atoms in total. The van der Waals surface area contributed by atoms with Crippen molar-refractivity contribution in [2.75, 3.05) is 5.43 Å². The van der Waals surface area contributed by atoms with Crippen LogP contribution in [0.4, 0.5) is 5.13 Å². The molecule has 0 aromatic carbocycles. The molecule has 3 rings (SSSR count). The highest BCUT2D eigenvalue weighted by molar-refractivity contribution is 7.15. The minimum atomic E-state index is -0.333. The zero-order chi connectivity index (χ0) is 11.3. The molecule has 0 aliphatic carbocycles. The van der Waals surface area contributed by atoms with Crippen LogP contribution in [0.2, 0.25) is 0 Å². The Morgan fingerprint density at radius 3 is 3.00 bits per heavy atom. The van der Waals surface area contributed by atoms with Crippen molar-refractivity contribution in [3.05, 3.63) is 16.8 Å². The van der Waals surface area contributed by atoms with Crippen LogP contribution in [-0.4, -0.2) is 16.3 Å². The summed E-state index contributed by atoms with van der Waals surface area (Å²) < 4.78 is 5.84. The standard InChI is InChI=1S/C10H12N4OS/c1-10(2)8-5(3-12-8)7-6(4-15-10)16-9(13-7)14-11/h3H,4,11H2,1-2H3,(H,13,14). The highest BCUT2D eigenvalue weighted by atomic mass is 32.1. The minimum Gasteiger partial charge on any atom is -0.364 e. The third-order valence-corrected chi connectivity index (χ3v) is 3.75. The van der Waals surface area contributed by atoms with Crippen molar-refractivity contribution in [2.24, 2.45) is 10.8 Å². The molecule has 0 saturated heterocycles. The van der Waals surface area contributed by atoms with Gasteiger partial charge in [0, 0.05) is 11.8 Å². The van der Waals surface area contributed by atoms with Crippen LogP contribution in [0.15, 0.2) is 11.2 Å². The van der Waals surface area contributed by atoms with Gasteiger partial charge in [-0.15, -0.1) is 0 Å². The average molecular weight is 236 g/mol. The molecule has 0 spiro atoms. The molecular weight excluding hydrogens is 224 g/mol. The first-order valence-corrected chi connectivity index (χ1v) is 5.83. The zero-order valence-corrected chi connectivity index (χ0v) is 9.89. The number of thiazole rings is 1. The Labute approximate surface area is 97.0 Å². The number of hydrazine groups is 1. The summed E-state index contributed by atoms with van der Waals surface area (Å²) in [6, 6.07) is 0. The molecule has 84 valence electrons. The van der Waals surface area contributed by atoms with E-state index in [1.807, 2.05) is 20.0 Å². The quantitative estimate of drug-likeness (QED) is 0.573. The maximum atomic E-state index is 5.84. The smallest absolute Gasteiger partial charge is 0.197 e. The fourth-order valence-electron chi connectivity index (χ4n) is 1.88. The number of fused-ring (bicyclic) bond motifs is 3. The maximum absolute atomic E-state index is 5.84. The number of anilines is 1. The van der Waals surface area contributed by atoms with E-state index in [1.54, 1.807) is 0 Å². The molecule has 6 heteroatoms. The van der Waals surface area contributed by atoms with Gasteiger partial charge in [0.15, 0.2) is 5.13 Å². The lowest BCUT2D eigenvalue weighted by atomic mass is 9.91. The molecule has 1 aromatic heterocycles.